The maximum Gasteiger partial charge on any atom is 0.371 e. The van der Waals surface area contributed by atoms with E-state index in [1.165, 1.54) is 24.3 Å². The third kappa shape index (κ3) is 3.38. The van der Waals surface area contributed by atoms with Crippen molar-refractivity contribution < 1.29 is 23.1 Å². The van der Waals surface area contributed by atoms with Crippen molar-refractivity contribution in [2.75, 3.05) is 0 Å². The van der Waals surface area contributed by atoms with Gasteiger partial charge in [-0.2, -0.15) is 0 Å². The molecule has 0 spiro atoms. The van der Waals surface area contributed by atoms with Gasteiger partial charge in [0.25, 0.3) is 0 Å². The number of hydrogen-bond donors (Lipinski definition) is 2. The van der Waals surface area contributed by atoms with Crippen LogP contribution < -0.4 is 5.32 Å². The minimum Gasteiger partial charge on any atom is -0.475 e. The van der Waals surface area contributed by atoms with Crippen LogP contribution in [0.1, 0.15) is 21.9 Å². The Hall–Kier alpha value is -2.21. The second kappa shape index (κ2) is 5.62. The Morgan fingerprint density at radius 3 is 2.63 bits per heavy atom. The highest BCUT2D eigenvalue weighted by Crippen LogP contribution is 2.11. The Morgan fingerprint density at radius 1 is 1.21 bits per heavy atom. The Balaban J connectivity index is 1.90. The smallest absolute Gasteiger partial charge is 0.371 e. The van der Waals surface area contributed by atoms with Gasteiger partial charge >= 0.3 is 5.97 Å². The van der Waals surface area contributed by atoms with E-state index in [4.69, 9.17) is 9.52 Å². The monoisotopic (exact) mass is 267 g/mol. The highest BCUT2D eigenvalue weighted by Gasteiger charge is 2.09. The maximum absolute atomic E-state index is 13.3. The van der Waals surface area contributed by atoms with Crippen LogP contribution in [0.3, 0.4) is 0 Å². The first-order chi connectivity index (χ1) is 9.06. The molecule has 6 heteroatoms. The van der Waals surface area contributed by atoms with E-state index in [0.717, 1.165) is 6.07 Å². The van der Waals surface area contributed by atoms with Gasteiger partial charge in [0.15, 0.2) is 0 Å². The number of hydrogen-bond acceptors (Lipinski definition) is 3. The number of benzene rings is 1. The fraction of sp³-hybridized carbons (Fsp3) is 0.154. The summed E-state index contributed by atoms with van der Waals surface area (Å²) in [5.41, 5.74) is 0.325. The Morgan fingerprint density at radius 2 is 2.00 bits per heavy atom. The number of furan rings is 1. The summed E-state index contributed by atoms with van der Waals surface area (Å²) in [6, 6.07) is 6.21. The van der Waals surface area contributed by atoms with E-state index in [1.54, 1.807) is 0 Å². The van der Waals surface area contributed by atoms with E-state index in [2.05, 4.69) is 5.32 Å². The van der Waals surface area contributed by atoms with Gasteiger partial charge in [0.2, 0.25) is 5.76 Å². The zero-order valence-corrected chi connectivity index (χ0v) is 9.82. The molecule has 1 aromatic heterocycles. The summed E-state index contributed by atoms with van der Waals surface area (Å²) in [5.74, 6) is -2.11. The first-order valence-corrected chi connectivity index (χ1v) is 5.53. The Labute approximate surface area is 107 Å². The van der Waals surface area contributed by atoms with E-state index in [-0.39, 0.29) is 18.8 Å². The van der Waals surface area contributed by atoms with Crippen LogP contribution in [0.4, 0.5) is 8.78 Å². The molecular formula is C13H11F2NO3. The summed E-state index contributed by atoms with van der Waals surface area (Å²) in [7, 11) is 0. The third-order valence-corrected chi connectivity index (χ3v) is 2.50. The van der Waals surface area contributed by atoms with Crippen LogP contribution in [-0.2, 0) is 13.1 Å². The summed E-state index contributed by atoms with van der Waals surface area (Å²) < 4.78 is 31.0. The van der Waals surface area contributed by atoms with Crippen molar-refractivity contribution in [3.8, 4) is 0 Å². The molecule has 19 heavy (non-hydrogen) atoms. The first-order valence-electron chi connectivity index (χ1n) is 5.53. The van der Waals surface area contributed by atoms with Crippen molar-refractivity contribution in [1.82, 2.24) is 5.32 Å². The number of carboxylic acid groups (broad SMARTS) is 1. The minimum atomic E-state index is -1.14. The van der Waals surface area contributed by atoms with E-state index in [9.17, 15) is 13.6 Å². The van der Waals surface area contributed by atoms with Gasteiger partial charge in [-0.15, -0.1) is 0 Å². The fourth-order valence-electron chi connectivity index (χ4n) is 1.57. The van der Waals surface area contributed by atoms with Crippen LogP contribution in [0, 0.1) is 11.6 Å². The fourth-order valence-corrected chi connectivity index (χ4v) is 1.57. The van der Waals surface area contributed by atoms with Crippen molar-refractivity contribution in [2.24, 2.45) is 0 Å². The van der Waals surface area contributed by atoms with Crippen LogP contribution in [0.2, 0.25) is 0 Å². The second-order valence-corrected chi connectivity index (χ2v) is 3.91. The number of carboxylic acids is 1. The van der Waals surface area contributed by atoms with Crippen molar-refractivity contribution in [1.29, 1.82) is 0 Å². The van der Waals surface area contributed by atoms with Crippen LogP contribution in [0.25, 0.3) is 0 Å². The molecule has 4 nitrogen and oxygen atoms in total. The van der Waals surface area contributed by atoms with Crippen molar-refractivity contribution in [2.45, 2.75) is 13.1 Å². The lowest BCUT2D eigenvalue weighted by Crippen LogP contribution is -2.13. The molecule has 0 saturated heterocycles. The molecule has 0 unspecified atom stereocenters. The molecule has 0 bridgehead atoms. The molecule has 2 aromatic rings. The topological polar surface area (TPSA) is 62.5 Å². The standard InChI is InChI=1S/C13H11F2NO3/c14-9-2-1-8(11(15)5-9)6-16-7-10-3-4-12(19-10)13(17)18/h1-5,16H,6-7H2,(H,17,18). The van der Waals surface area contributed by atoms with Gasteiger partial charge in [-0.25, -0.2) is 13.6 Å². The zero-order valence-electron chi connectivity index (χ0n) is 9.82. The number of carbonyl (C=O) groups is 1. The van der Waals surface area contributed by atoms with Gasteiger partial charge in [-0.05, 0) is 18.2 Å². The molecule has 2 N–H and O–H groups in total. The van der Waals surface area contributed by atoms with Crippen LogP contribution >= 0.6 is 0 Å². The molecule has 0 amide bonds. The normalized spacial score (nSPS) is 10.6. The molecule has 100 valence electrons. The molecule has 1 heterocycles. The highest BCUT2D eigenvalue weighted by atomic mass is 19.1. The quantitative estimate of drug-likeness (QED) is 0.873. The Bertz CT molecular complexity index is 595. The summed E-state index contributed by atoms with van der Waals surface area (Å²) in [6.07, 6.45) is 0. The molecule has 0 radical (unpaired) electrons. The van der Waals surface area contributed by atoms with Crippen molar-refractivity contribution in [3.05, 3.63) is 59.1 Å². The van der Waals surface area contributed by atoms with Gasteiger partial charge in [-0.3, -0.25) is 0 Å². The van der Waals surface area contributed by atoms with E-state index in [0.29, 0.717) is 11.3 Å². The predicted molar refractivity (Wildman–Crippen MR) is 62.6 cm³/mol. The summed E-state index contributed by atoms with van der Waals surface area (Å²) in [4.78, 5) is 10.6. The SMILES string of the molecule is O=C(O)c1ccc(CNCc2ccc(F)cc2F)o1. The summed E-state index contributed by atoms with van der Waals surface area (Å²) in [5, 5.41) is 11.5. The first kappa shape index (κ1) is 13.2. The minimum absolute atomic E-state index is 0.148. The molecule has 0 aliphatic rings. The average Bonchev–Trinajstić information content (AvgIpc) is 2.81. The van der Waals surface area contributed by atoms with E-state index in [1.807, 2.05) is 0 Å². The lowest BCUT2D eigenvalue weighted by Gasteiger charge is -2.04. The summed E-state index contributed by atoms with van der Waals surface area (Å²) >= 11 is 0. The molecule has 0 aliphatic heterocycles. The number of halogens is 2. The van der Waals surface area contributed by atoms with Gasteiger partial charge in [0.05, 0.1) is 6.54 Å². The van der Waals surface area contributed by atoms with Crippen LogP contribution in [0.15, 0.2) is 34.7 Å². The summed E-state index contributed by atoms with van der Waals surface area (Å²) in [6.45, 7) is 0.444. The highest BCUT2D eigenvalue weighted by molar-refractivity contribution is 5.84. The maximum atomic E-state index is 13.3. The Kier molecular flexibility index (Phi) is 3.91. The molecule has 0 fully saturated rings. The third-order valence-electron chi connectivity index (χ3n) is 2.50. The second-order valence-electron chi connectivity index (χ2n) is 3.91. The average molecular weight is 267 g/mol. The predicted octanol–water partition coefficient (Wildman–Crippen LogP) is 2.55. The number of aromatic carboxylic acids is 1. The van der Waals surface area contributed by atoms with E-state index >= 15 is 0 Å². The zero-order chi connectivity index (χ0) is 13.8. The van der Waals surface area contributed by atoms with Crippen molar-refractivity contribution in [3.63, 3.8) is 0 Å². The van der Waals surface area contributed by atoms with Crippen LogP contribution in [-0.4, -0.2) is 11.1 Å². The molecule has 0 saturated carbocycles. The van der Waals surface area contributed by atoms with Gasteiger partial charge in [0.1, 0.15) is 17.4 Å². The molecule has 1 aromatic carbocycles. The largest absolute Gasteiger partial charge is 0.475 e. The van der Waals surface area contributed by atoms with Crippen LogP contribution in [0.5, 0.6) is 0 Å². The lowest BCUT2D eigenvalue weighted by molar-refractivity contribution is 0.0660. The molecule has 2 rings (SSSR count). The molecule has 0 aliphatic carbocycles. The molecular weight excluding hydrogens is 256 g/mol. The van der Waals surface area contributed by atoms with Gasteiger partial charge in [0, 0.05) is 18.2 Å². The van der Waals surface area contributed by atoms with Gasteiger partial charge in [-0.1, -0.05) is 6.07 Å². The van der Waals surface area contributed by atoms with E-state index < -0.39 is 17.6 Å². The molecule has 0 atom stereocenters. The number of rotatable bonds is 5. The lowest BCUT2D eigenvalue weighted by atomic mass is 10.2. The number of nitrogens with one attached hydrogen (secondary N) is 1. The van der Waals surface area contributed by atoms with Gasteiger partial charge < -0.3 is 14.8 Å². The van der Waals surface area contributed by atoms with Crippen molar-refractivity contribution >= 4 is 5.97 Å².